The summed E-state index contributed by atoms with van der Waals surface area (Å²) >= 11 is 0. The van der Waals surface area contributed by atoms with Crippen LogP contribution in [0.1, 0.15) is 42.5 Å². The average molecular weight is 393 g/mol. The van der Waals surface area contributed by atoms with Gasteiger partial charge in [0.25, 0.3) is 0 Å². The quantitative estimate of drug-likeness (QED) is 0.684. The summed E-state index contributed by atoms with van der Waals surface area (Å²) in [5, 5.41) is 17.8. The summed E-state index contributed by atoms with van der Waals surface area (Å²) in [5.74, 6) is 0.246. The van der Waals surface area contributed by atoms with E-state index in [4.69, 9.17) is 4.98 Å². The Bertz CT molecular complexity index is 1060. The summed E-state index contributed by atoms with van der Waals surface area (Å²) in [5.41, 5.74) is 6.59. The fourth-order valence-electron chi connectivity index (χ4n) is 4.32. The number of aromatic nitrogens is 3. The molecule has 0 radical (unpaired) electrons. The van der Waals surface area contributed by atoms with Crippen LogP contribution in [0.4, 0.5) is 5.69 Å². The first-order valence-electron chi connectivity index (χ1n) is 10.3. The Hall–Kier alpha value is -2.73. The maximum atomic E-state index is 12.7. The highest BCUT2D eigenvalue weighted by atomic mass is 16.3. The average Bonchev–Trinajstić information content (AvgIpc) is 3.34. The van der Waals surface area contributed by atoms with Crippen molar-refractivity contribution in [2.75, 3.05) is 11.9 Å². The highest BCUT2D eigenvalue weighted by molar-refractivity contribution is 6.04. The van der Waals surface area contributed by atoms with E-state index in [2.05, 4.69) is 23.4 Å². The van der Waals surface area contributed by atoms with E-state index in [1.54, 1.807) is 4.68 Å². The van der Waals surface area contributed by atoms with Crippen LogP contribution in [0.5, 0.6) is 0 Å². The molecule has 1 aliphatic rings. The molecule has 2 N–H and O–H groups in total. The summed E-state index contributed by atoms with van der Waals surface area (Å²) in [7, 11) is 0. The third kappa shape index (κ3) is 3.77. The number of hydrogen-bond acceptors (Lipinski definition) is 4. The third-order valence-corrected chi connectivity index (χ3v) is 5.89. The van der Waals surface area contributed by atoms with E-state index in [1.807, 2.05) is 32.2 Å². The van der Waals surface area contributed by atoms with Crippen LogP contribution >= 0.6 is 0 Å². The molecule has 1 amide bonds. The predicted molar refractivity (Wildman–Crippen MR) is 115 cm³/mol. The number of aliphatic hydroxyl groups excluding tert-OH is 1. The van der Waals surface area contributed by atoms with Crippen molar-refractivity contribution in [3.05, 3.63) is 41.2 Å². The van der Waals surface area contributed by atoms with E-state index >= 15 is 0 Å². The van der Waals surface area contributed by atoms with Crippen molar-refractivity contribution < 1.29 is 9.90 Å². The van der Waals surface area contributed by atoms with Crippen LogP contribution in [-0.4, -0.2) is 32.4 Å². The van der Waals surface area contributed by atoms with E-state index in [1.165, 1.54) is 0 Å². The van der Waals surface area contributed by atoms with Gasteiger partial charge >= 0.3 is 0 Å². The number of aryl methyl sites for hydroxylation is 3. The first kappa shape index (κ1) is 19.6. The molecule has 1 fully saturated rings. The van der Waals surface area contributed by atoms with Crippen molar-refractivity contribution in [1.29, 1.82) is 0 Å². The van der Waals surface area contributed by atoms with Gasteiger partial charge in [0.05, 0.1) is 35.7 Å². The monoisotopic (exact) mass is 392 g/mol. The number of carbonyl (C=O) groups is 1. The number of benzene rings is 1. The lowest BCUT2D eigenvalue weighted by molar-refractivity contribution is -0.119. The number of rotatable bonds is 5. The maximum Gasteiger partial charge on any atom is 0.227 e. The molecule has 1 aliphatic carbocycles. The molecule has 0 aliphatic heterocycles. The lowest BCUT2D eigenvalue weighted by atomic mass is 10.0. The summed E-state index contributed by atoms with van der Waals surface area (Å²) in [6.45, 7) is 6.57. The topological polar surface area (TPSA) is 80.0 Å². The number of nitrogens with zero attached hydrogens (tertiary/aromatic N) is 3. The highest BCUT2D eigenvalue weighted by Crippen LogP contribution is 2.33. The van der Waals surface area contributed by atoms with Crippen LogP contribution in [0.2, 0.25) is 0 Å². The number of nitrogens with one attached hydrogen (secondary N) is 1. The largest absolute Gasteiger partial charge is 0.394 e. The van der Waals surface area contributed by atoms with Crippen molar-refractivity contribution >= 4 is 22.5 Å². The van der Waals surface area contributed by atoms with Gasteiger partial charge in [0.1, 0.15) is 0 Å². The number of carbonyl (C=O) groups excluding carboxylic acids is 1. The number of pyridine rings is 1. The molecule has 0 bridgehead atoms. The number of aliphatic hydroxyl groups is 1. The molecule has 3 aromatic rings. The van der Waals surface area contributed by atoms with E-state index in [9.17, 15) is 9.90 Å². The van der Waals surface area contributed by atoms with Gasteiger partial charge in [0.2, 0.25) is 5.91 Å². The molecule has 6 nitrogen and oxygen atoms in total. The van der Waals surface area contributed by atoms with Gasteiger partial charge in [-0.25, -0.2) is 4.98 Å². The van der Waals surface area contributed by atoms with Crippen molar-refractivity contribution in [3.8, 4) is 11.3 Å². The lowest BCUT2D eigenvalue weighted by Gasteiger charge is -2.16. The molecule has 4 rings (SSSR count). The smallest absolute Gasteiger partial charge is 0.227 e. The summed E-state index contributed by atoms with van der Waals surface area (Å²) < 4.78 is 1.75. The molecule has 0 spiro atoms. The Kier molecular flexibility index (Phi) is 5.37. The number of anilines is 1. The van der Waals surface area contributed by atoms with Gasteiger partial charge in [-0.15, -0.1) is 0 Å². The molecule has 0 saturated heterocycles. The second kappa shape index (κ2) is 7.95. The van der Waals surface area contributed by atoms with Crippen molar-refractivity contribution in [1.82, 2.24) is 14.8 Å². The van der Waals surface area contributed by atoms with Crippen molar-refractivity contribution in [3.63, 3.8) is 0 Å². The van der Waals surface area contributed by atoms with E-state index in [-0.39, 0.29) is 18.4 Å². The normalized spacial score (nSPS) is 14.6. The molecule has 0 unspecified atom stereocenters. The van der Waals surface area contributed by atoms with Gasteiger partial charge in [-0.1, -0.05) is 18.9 Å². The number of hydrogen-bond donors (Lipinski definition) is 2. The van der Waals surface area contributed by atoms with Crippen LogP contribution in [-0.2, 0) is 11.3 Å². The first-order chi connectivity index (χ1) is 14.0. The number of amides is 1. The molecular weight excluding hydrogens is 364 g/mol. The van der Waals surface area contributed by atoms with Gasteiger partial charge in [-0.2, -0.15) is 5.10 Å². The van der Waals surface area contributed by atoms with Gasteiger partial charge in [-0.05, 0) is 56.9 Å². The second-order valence-corrected chi connectivity index (χ2v) is 8.06. The molecule has 1 aromatic carbocycles. The molecular formula is C23H28N4O2. The minimum absolute atomic E-state index is 0.0495. The fourth-order valence-corrected chi connectivity index (χ4v) is 4.32. The molecule has 2 aromatic heterocycles. The SMILES string of the molecule is Cc1nn(CCO)cc1-c1cc(C)c2c(NC(=O)C3CCCC3)ccc(C)c2n1. The Balaban J connectivity index is 1.76. The molecule has 1 saturated carbocycles. The van der Waals surface area contributed by atoms with Crippen molar-refractivity contribution in [2.45, 2.75) is 53.0 Å². The van der Waals surface area contributed by atoms with Gasteiger partial charge in [0, 0.05) is 23.1 Å². The van der Waals surface area contributed by atoms with Crippen LogP contribution in [0.3, 0.4) is 0 Å². The Morgan fingerprint density at radius 2 is 1.97 bits per heavy atom. The van der Waals surface area contributed by atoms with Gasteiger partial charge < -0.3 is 10.4 Å². The predicted octanol–water partition coefficient (Wildman–Crippen LogP) is 4.14. The zero-order chi connectivity index (χ0) is 20.5. The van der Waals surface area contributed by atoms with Crippen molar-refractivity contribution in [2.24, 2.45) is 5.92 Å². The highest BCUT2D eigenvalue weighted by Gasteiger charge is 2.23. The first-order valence-corrected chi connectivity index (χ1v) is 10.3. The van der Waals surface area contributed by atoms with Crippen LogP contribution < -0.4 is 5.32 Å². The third-order valence-electron chi connectivity index (χ3n) is 5.89. The molecule has 0 atom stereocenters. The standard InChI is InChI=1S/C23H28N4O2/c1-14-8-9-19(25-23(29)17-6-4-5-7-17)21-15(2)12-20(24-22(14)21)18-13-27(10-11-28)26-16(18)3/h8-9,12-13,17,28H,4-7,10-11H2,1-3H3,(H,25,29). The summed E-state index contributed by atoms with van der Waals surface area (Å²) in [4.78, 5) is 17.6. The molecule has 6 heteroatoms. The van der Waals surface area contributed by atoms with Gasteiger partial charge in [0.15, 0.2) is 0 Å². The lowest BCUT2D eigenvalue weighted by Crippen LogP contribution is -2.20. The number of fused-ring (bicyclic) bond motifs is 1. The van der Waals surface area contributed by atoms with E-state index in [0.29, 0.717) is 6.54 Å². The maximum absolute atomic E-state index is 12.7. The van der Waals surface area contributed by atoms with E-state index < -0.39 is 0 Å². The zero-order valence-electron chi connectivity index (χ0n) is 17.3. The Morgan fingerprint density at radius 1 is 1.21 bits per heavy atom. The zero-order valence-corrected chi connectivity index (χ0v) is 17.3. The molecule has 152 valence electrons. The summed E-state index contributed by atoms with van der Waals surface area (Å²) in [6.07, 6.45) is 6.17. The minimum Gasteiger partial charge on any atom is -0.394 e. The fraction of sp³-hybridized carbons (Fsp3) is 0.435. The molecule has 29 heavy (non-hydrogen) atoms. The van der Waals surface area contributed by atoms with Crippen LogP contribution in [0.15, 0.2) is 24.4 Å². The summed E-state index contributed by atoms with van der Waals surface area (Å²) in [6, 6.07) is 6.06. The molecule has 2 heterocycles. The van der Waals surface area contributed by atoms with Gasteiger partial charge in [-0.3, -0.25) is 9.48 Å². The van der Waals surface area contributed by atoms with Crippen LogP contribution in [0.25, 0.3) is 22.2 Å². The van der Waals surface area contributed by atoms with Crippen LogP contribution in [0, 0.1) is 26.7 Å². The minimum atomic E-state index is 0.0495. The second-order valence-electron chi connectivity index (χ2n) is 8.06. The Labute approximate surface area is 171 Å². The Morgan fingerprint density at radius 3 is 2.69 bits per heavy atom. The van der Waals surface area contributed by atoms with E-state index in [0.717, 1.165) is 70.4 Å².